The van der Waals surface area contributed by atoms with Crippen molar-refractivity contribution in [1.29, 1.82) is 0 Å². The van der Waals surface area contributed by atoms with Gasteiger partial charge in [0.05, 0.1) is 24.9 Å². The molecule has 1 aliphatic rings. The topological polar surface area (TPSA) is 98.7 Å². The number of nitrogens with zero attached hydrogens (tertiary/aromatic N) is 3. The van der Waals surface area contributed by atoms with Gasteiger partial charge in [0.1, 0.15) is 5.52 Å². The van der Waals surface area contributed by atoms with E-state index >= 15 is 0 Å². The van der Waals surface area contributed by atoms with Crippen LogP contribution in [0.25, 0.3) is 10.9 Å². The highest BCUT2D eigenvalue weighted by Gasteiger charge is 2.32. The third-order valence-corrected chi connectivity index (χ3v) is 7.45. The lowest BCUT2D eigenvalue weighted by Gasteiger charge is -2.28. The zero-order chi connectivity index (χ0) is 22.0. The molecule has 0 bridgehead atoms. The maximum atomic E-state index is 12.7. The Labute approximate surface area is 184 Å². The molecule has 1 aromatic carbocycles. The number of carbonyl (C=O) groups is 1. The molecule has 8 nitrogen and oxygen atoms in total. The summed E-state index contributed by atoms with van der Waals surface area (Å²) in [6, 6.07) is 11.1. The molecule has 10 heteroatoms. The normalized spacial score (nSPS) is 15.6. The van der Waals surface area contributed by atoms with E-state index in [2.05, 4.69) is 9.97 Å². The Morgan fingerprint density at radius 3 is 2.65 bits per heavy atom. The number of anilines is 1. The van der Waals surface area contributed by atoms with Gasteiger partial charge in [-0.2, -0.15) is 0 Å². The monoisotopic (exact) mass is 459 g/mol. The summed E-state index contributed by atoms with van der Waals surface area (Å²) >= 11 is 1.06. The average Bonchev–Trinajstić information content (AvgIpc) is 2.77. The average molecular weight is 460 g/mol. The summed E-state index contributed by atoms with van der Waals surface area (Å²) in [6.07, 6.45) is 2.85. The number of ether oxygens (including phenoxy) is 1. The summed E-state index contributed by atoms with van der Waals surface area (Å²) in [4.78, 5) is 22.2. The number of rotatable bonds is 5. The predicted molar refractivity (Wildman–Crippen MR) is 119 cm³/mol. The summed E-state index contributed by atoms with van der Waals surface area (Å²) in [5.41, 5.74) is 1.33. The summed E-state index contributed by atoms with van der Waals surface area (Å²) in [6.45, 7) is 2.28. The van der Waals surface area contributed by atoms with Crippen molar-refractivity contribution in [3.05, 3.63) is 53.9 Å². The smallest absolute Gasteiger partial charge is 0.360 e. The van der Waals surface area contributed by atoms with Crippen molar-refractivity contribution in [1.82, 2.24) is 9.97 Å². The molecule has 0 spiro atoms. The van der Waals surface area contributed by atoms with E-state index < -0.39 is 16.0 Å². The standard InChI is InChI=1S/C21H21N3O5S2/c1-14-7-9-15(10-8-14)30-29-19-17-16(6-5-11-22-17)20(23-18(19)21(25)28-2)24-12-3-4-13-31(24,26)27/h5-11H,3-4,12-13H2,1-2H3. The Balaban J connectivity index is 1.85. The zero-order valence-electron chi connectivity index (χ0n) is 17.1. The van der Waals surface area contributed by atoms with E-state index in [0.717, 1.165) is 22.5 Å². The van der Waals surface area contributed by atoms with Crippen LogP contribution < -0.4 is 8.49 Å². The second-order valence-corrected chi connectivity index (χ2v) is 9.90. The van der Waals surface area contributed by atoms with Crippen LogP contribution in [0.15, 0.2) is 47.5 Å². The van der Waals surface area contributed by atoms with E-state index in [1.54, 1.807) is 18.3 Å². The van der Waals surface area contributed by atoms with Crippen LogP contribution in [0.3, 0.4) is 0 Å². The van der Waals surface area contributed by atoms with Gasteiger partial charge >= 0.3 is 5.97 Å². The van der Waals surface area contributed by atoms with E-state index in [4.69, 9.17) is 8.92 Å². The van der Waals surface area contributed by atoms with Gasteiger partial charge in [-0.3, -0.25) is 9.29 Å². The van der Waals surface area contributed by atoms with Crippen LogP contribution in [0.1, 0.15) is 28.9 Å². The molecule has 31 heavy (non-hydrogen) atoms. The molecule has 1 aliphatic heterocycles. The number of pyridine rings is 2. The first-order valence-corrected chi connectivity index (χ1v) is 12.0. The fourth-order valence-corrected chi connectivity index (χ4v) is 5.49. The van der Waals surface area contributed by atoms with Crippen LogP contribution in [0.5, 0.6) is 5.75 Å². The molecule has 0 aliphatic carbocycles. The largest absolute Gasteiger partial charge is 0.464 e. The third kappa shape index (κ3) is 4.31. The zero-order valence-corrected chi connectivity index (χ0v) is 18.7. The molecular formula is C21H21N3O5S2. The predicted octanol–water partition coefficient (Wildman–Crippen LogP) is 3.74. The number of aryl methyl sites for hydroxylation is 1. The lowest BCUT2D eigenvalue weighted by atomic mass is 10.2. The van der Waals surface area contributed by atoms with Crippen LogP contribution in [-0.4, -0.2) is 43.8 Å². The SMILES string of the molecule is COC(=O)c1nc(N2CCCCS2(=O)=O)c2cccnc2c1OSc1ccc(C)cc1. The Morgan fingerprint density at radius 2 is 1.94 bits per heavy atom. The number of carbonyl (C=O) groups excluding carboxylic acids is 1. The number of fused-ring (bicyclic) bond motifs is 1. The van der Waals surface area contributed by atoms with Crippen molar-refractivity contribution >= 4 is 44.8 Å². The van der Waals surface area contributed by atoms with Crippen LogP contribution in [-0.2, 0) is 14.8 Å². The molecule has 0 radical (unpaired) electrons. The van der Waals surface area contributed by atoms with Crippen molar-refractivity contribution in [3.8, 4) is 5.75 Å². The fourth-order valence-electron chi connectivity index (χ4n) is 3.31. The van der Waals surface area contributed by atoms with E-state index in [-0.39, 0.29) is 29.6 Å². The number of methoxy groups -OCH3 is 1. The van der Waals surface area contributed by atoms with Crippen LogP contribution in [0.4, 0.5) is 5.82 Å². The Hall–Kier alpha value is -2.85. The first-order chi connectivity index (χ1) is 14.9. The molecular weight excluding hydrogens is 438 g/mol. The van der Waals surface area contributed by atoms with Crippen molar-refractivity contribution in [2.75, 3.05) is 23.7 Å². The number of esters is 1. The highest BCUT2D eigenvalue weighted by Crippen LogP contribution is 2.38. The minimum Gasteiger partial charge on any atom is -0.464 e. The van der Waals surface area contributed by atoms with Gasteiger partial charge < -0.3 is 8.92 Å². The minimum absolute atomic E-state index is 0.0333. The highest BCUT2D eigenvalue weighted by atomic mass is 32.2. The summed E-state index contributed by atoms with van der Waals surface area (Å²) in [5.74, 6) is -0.407. The van der Waals surface area contributed by atoms with Crippen molar-refractivity contribution in [3.63, 3.8) is 0 Å². The Bertz CT molecular complexity index is 1230. The van der Waals surface area contributed by atoms with Gasteiger partial charge in [-0.15, -0.1) is 0 Å². The van der Waals surface area contributed by atoms with E-state index in [0.29, 0.717) is 23.7 Å². The van der Waals surface area contributed by atoms with Gasteiger partial charge in [0.15, 0.2) is 17.3 Å². The van der Waals surface area contributed by atoms with E-state index in [9.17, 15) is 13.2 Å². The number of hydrogen-bond acceptors (Lipinski definition) is 8. The van der Waals surface area contributed by atoms with Crippen LogP contribution in [0, 0.1) is 6.92 Å². The quantitative estimate of drug-likeness (QED) is 0.420. The maximum Gasteiger partial charge on any atom is 0.360 e. The molecule has 0 saturated carbocycles. The van der Waals surface area contributed by atoms with Crippen LogP contribution >= 0.6 is 12.0 Å². The first-order valence-electron chi connectivity index (χ1n) is 9.69. The summed E-state index contributed by atoms with van der Waals surface area (Å²) in [5, 5.41) is 0.486. The molecule has 3 heterocycles. The summed E-state index contributed by atoms with van der Waals surface area (Å²) < 4.78 is 37.5. The molecule has 0 atom stereocenters. The molecule has 0 unspecified atom stereocenters. The summed E-state index contributed by atoms with van der Waals surface area (Å²) in [7, 11) is -2.31. The van der Waals surface area contributed by atoms with Gasteiger partial charge in [-0.1, -0.05) is 17.7 Å². The minimum atomic E-state index is -3.54. The fraction of sp³-hybridized carbons (Fsp3) is 0.286. The Morgan fingerprint density at radius 1 is 1.16 bits per heavy atom. The molecule has 1 fully saturated rings. The molecule has 3 aromatic rings. The molecule has 0 N–H and O–H groups in total. The van der Waals surface area contributed by atoms with Gasteiger partial charge in [0.25, 0.3) is 0 Å². The Kier molecular flexibility index (Phi) is 6.01. The molecule has 2 aromatic heterocycles. The van der Waals surface area contributed by atoms with Gasteiger partial charge in [0.2, 0.25) is 10.0 Å². The molecule has 4 rings (SSSR count). The third-order valence-electron chi connectivity index (χ3n) is 4.90. The van der Waals surface area contributed by atoms with Gasteiger partial charge in [-0.25, -0.2) is 18.2 Å². The van der Waals surface area contributed by atoms with Crippen molar-refractivity contribution < 1.29 is 22.1 Å². The number of hydrogen-bond donors (Lipinski definition) is 0. The van der Waals surface area contributed by atoms with Gasteiger partial charge in [0, 0.05) is 23.0 Å². The van der Waals surface area contributed by atoms with Crippen molar-refractivity contribution in [2.45, 2.75) is 24.7 Å². The van der Waals surface area contributed by atoms with Gasteiger partial charge in [-0.05, 0) is 44.0 Å². The number of sulfonamides is 1. The molecule has 0 amide bonds. The second-order valence-electron chi connectivity index (χ2n) is 7.08. The lowest BCUT2D eigenvalue weighted by Crippen LogP contribution is -2.38. The number of benzene rings is 1. The lowest BCUT2D eigenvalue weighted by molar-refractivity contribution is 0.0592. The number of aromatic nitrogens is 2. The highest BCUT2D eigenvalue weighted by molar-refractivity contribution is 7.95. The first kappa shape index (κ1) is 21.4. The van der Waals surface area contributed by atoms with E-state index in [1.807, 2.05) is 31.2 Å². The van der Waals surface area contributed by atoms with Crippen molar-refractivity contribution in [2.24, 2.45) is 0 Å². The molecule has 1 saturated heterocycles. The maximum absolute atomic E-state index is 12.7. The van der Waals surface area contributed by atoms with E-state index in [1.165, 1.54) is 11.4 Å². The molecule has 162 valence electrons. The second kappa shape index (κ2) is 8.72. The van der Waals surface area contributed by atoms with Crippen LogP contribution in [0.2, 0.25) is 0 Å².